The molecule has 0 unspecified atom stereocenters. The van der Waals surface area contributed by atoms with Crippen molar-refractivity contribution in [1.29, 1.82) is 0 Å². The lowest BCUT2D eigenvalue weighted by atomic mass is 9.70. The number of hydrogen-bond donors (Lipinski definition) is 3. The number of phenolic OH excluding ortho intramolecular Hbond substituents is 3. The molecule has 0 spiro atoms. The number of fused-ring (bicyclic) bond motifs is 1. The second-order valence-corrected chi connectivity index (χ2v) is 9.33. The van der Waals surface area contributed by atoms with E-state index in [2.05, 4.69) is 0 Å². The Labute approximate surface area is 204 Å². The summed E-state index contributed by atoms with van der Waals surface area (Å²) in [6.07, 6.45) is 1.48. The Morgan fingerprint density at radius 1 is 0.971 bits per heavy atom. The lowest BCUT2D eigenvalue weighted by molar-refractivity contribution is -0.150. The second kappa shape index (κ2) is 9.90. The van der Waals surface area contributed by atoms with Crippen LogP contribution in [0, 0.1) is 5.92 Å². The van der Waals surface area contributed by atoms with Crippen LogP contribution < -0.4 is 4.74 Å². The van der Waals surface area contributed by atoms with Crippen LogP contribution in [-0.2, 0) is 24.5 Å². The van der Waals surface area contributed by atoms with Crippen LogP contribution >= 0.6 is 0 Å². The van der Waals surface area contributed by atoms with Gasteiger partial charge in [0.1, 0.15) is 5.92 Å². The molecule has 0 fully saturated rings. The number of aromatic hydroxyl groups is 3. The van der Waals surface area contributed by atoms with E-state index in [-0.39, 0.29) is 41.6 Å². The van der Waals surface area contributed by atoms with Gasteiger partial charge >= 0.3 is 11.9 Å². The molecule has 1 aliphatic rings. The van der Waals surface area contributed by atoms with Crippen molar-refractivity contribution in [3.63, 3.8) is 0 Å². The summed E-state index contributed by atoms with van der Waals surface area (Å²) < 4.78 is 16.0. The van der Waals surface area contributed by atoms with E-state index >= 15 is 0 Å². The second-order valence-electron chi connectivity index (χ2n) is 9.33. The third kappa shape index (κ3) is 4.78. The monoisotopic (exact) mass is 484 g/mol. The van der Waals surface area contributed by atoms with Crippen molar-refractivity contribution in [3.8, 4) is 23.0 Å². The minimum atomic E-state index is -1.18. The molecule has 1 aliphatic carbocycles. The number of phenols is 3. The maximum atomic E-state index is 13.3. The van der Waals surface area contributed by atoms with Gasteiger partial charge in [0.05, 0.1) is 25.9 Å². The first kappa shape index (κ1) is 25.9. The molecule has 8 nitrogen and oxygen atoms in total. The summed E-state index contributed by atoms with van der Waals surface area (Å²) in [4.78, 5) is 26.3. The highest BCUT2D eigenvalue weighted by molar-refractivity contribution is 6.02. The van der Waals surface area contributed by atoms with Gasteiger partial charge in [-0.3, -0.25) is 4.79 Å². The van der Waals surface area contributed by atoms with Gasteiger partial charge in [-0.1, -0.05) is 32.9 Å². The van der Waals surface area contributed by atoms with Crippen LogP contribution in [0.25, 0.3) is 6.08 Å². The molecule has 0 aliphatic heterocycles. The Hall–Kier alpha value is -3.68. The molecule has 0 aromatic heterocycles. The number of carbonyl (C=O) groups excluding carboxylic acids is 2. The molecular weight excluding hydrogens is 452 g/mol. The highest BCUT2D eigenvalue weighted by Crippen LogP contribution is 2.51. The van der Waals surface area contributed by atoms with Crippen LogP contribution in [0.5, 0.6) is 23.0 Å². The van der Waals surface area contributed by atoms with Gasteiger partial charge in [-0.2, -0.15) is 0 Å². The molecule has 0 amide bonds. The molecular formula is C27H32O8. The maximum Gasteiger partial charge on any atom is 0.334 e. The summed E-state index contributed by atoms with van der Waals surface area (Å²) in [5.41, 5.74) is 1.28. The van der Waals surface area contributed by atoms with Gasteiger partial charge < -0.3 is 29.5 Å². The number of ether oxygens (including phenoxy) is 3. The highest BCUT2D eigenvalue weighted by Gasteiger charge is 2.44. The molecule has 0 radical (unpaired) electrons. The smallest absolute Gasteiger partial charge is 0.334 e. The van der Waals surface area contributed by atoms with Crippen LogP contribution in [0.3, 0.4) is 0 Å². The van der Waals surface area contributed by atoms with Gasteiger partial charge in [-0.25, -0.2) is 4.79 Å². The molecule has 2 aromatic carbocycles. The number of rotatable bonds is 6. The summed E-state index contributed by atoms with van der Waals surface area (Å²) in [6.45, 7) is 9.23. The normalized spacial score (nSPS) is 17.3. The Balaban J connectivity index is 2.42. The molecule has 3 rings (SSSR count). The molecule has 8 heteroatoms. The average Bonchev–Trinajstić information content (AvgIpc) is 2.80. The molecule has 2 aromatic rings. The third-order valence-electron chi connectivity index (χ3n) is 6.06. The van der Waals surface area contributed by atoms with Crippen LogP contribution in [0.4, 0.5) is 0 Å². The number of carbonyl (C=O) groups is 2. The largest absolute Gasteiger partial charge is 0.504 e. The van der Waals surface area contributed by atoms with E-state index in [4.69, 9.17) is 14.2 Å². The van der Waals surface area contributed by atoms with Gasteiger partial charge in [-0.15, -0.1) is 0 Å². The van der Waals surface area contributed by atoms with Gasteiger partial charge in [0.2, 0.25) is 0 Å². The zero-order valence-corrected chi connectivity index (χ0v) is 20.8. The van der Waals surface area contributed by atoms with E-state index in [0.717, 1.165) is 0 Å². The Morgan fingerprint density at radius 2 is 1.63 bits per heavy atom. The quantitative estimate of drug-likeness (QED) is 0.408. The Bertz CT molecular complexity index is 1170. The lowest BCUT2D eigenvalue weighted by Crippen LogP contribution is -2.33. The first-order valence-electron chi connectivity index (χ1n) is 11.5. The summed E-state index contributed by atoms with van der Waals surface area (Å²) in [6, 6.07) is 6.15. The van der Waals surface area contributed by atoms with Gasteiger partial charge in [0.15, 0.2) is 23.0 Å². The first-order chi connectivity index (χ1) is 16.5. The summed E-state index contributed by atoms with van der Waals surface area (Å²) in [5, 5.41) is 32.0. The molecule has 0 saturated carbocycles. The summed E-state index contributed by atoms with van der Waals surface area (Å²) in [5.74, 6) is -4.16. The predicted molar refractivity (Wildman–Crippen MR) is 130 cm³/mol. The zero-order valence-electron chi connectivity index (χ0n) is 20.8. The third-order valence-corrected chi connectivity index (χ3v) is 6.06. The van der Waals surface area contributed by atoms with Crippen molar-refractivity contribution >= 4 is 18.0 Å². The van der Waals surface area contributed by atoms with Crippen LogP contribution in [0.1, 0.15) is 62.8 Å². The van der Waals surface area contributed by atoms with E-state index in [1.54, 1.807) is 32.0 Å². The molecule has 0 heterocycles. The number of benzene rings is 2. The molecule has 3 N–H and O–H groups in total. The topological polar surface area (TPSA) is 123 Å². The number of esters is 2. The van der Waals surface area contributed by atoms with E-state index < -0.39 is 34.9 Å². The molecule has 188 valence electrons. The predicted octanol–water partition coefficient (Wildman–Crippen LogP) is 4.38. The average molecular weight is 485 g/mol. The van der Waals surface area contributed by atoms with E-state index in [1.807, 2.05) is 20.8 Å². The Kier molecular flexibility index (Phi) is 7.33. The fourth-order valence-corrected chi connectivity index (χ4v) is 4.46. The van der Waals surface area contributed by atoms with Crippen molar-refractivity contribution in [2.24, 2.45) is 5.92 Å². The van der Waals surface area contributed by atoms with Crippen molar-refractivity contribution in [1.82, 2.24) is 0 Å². The minimum Gasteiger partial charge on any atom is -0.504 e. The maximum absolute atomic E-state index is 13.3. The molecule has 2 atom stereocenters. The zero-order chi connectivity index (χ0) is 26.1. The van der Waals surface area contributed by atoms with Gasteiger partial charge in [0, 0.05) is 17.0 Å². The van der Waals surface area contributed by atoms with Gasteiger partial charge in [-0.05, 0) is 48.6 Å². The standard InChI is InChI=1S/C27H32O8/c1-7-34-25(31)16-11-14-9-10-18(28)24(30)21(14)20(22(16)26(32)35-8-2)15-12-17(27(3,4)5)23(29)19(13-15)33-6/h9-13,20,22,28-30H,7-8H2,1-6H3/t20-,22-/m0/s1. The minimum absolute atomic E-state index is 0.0474. The number of hydrogen-bond acceptors (Lipinski definition) is 8. The van der Waals surface area contributed by atoms with Crippen LogP contribution in [0.2, 0.25) is 0 Å². The van der Waals surface area contributed by atoms with Crippen molar-refractivity contribution < 1.29 is 39.1 Å². The van der Waals surface area contributed by atoms with Crippen molar-refractivity contribution in [2.75, 3.05) is 20.3 Å². The van der Waals surface area contributed by atoms with Gasteiger partial charge in [0.25, 0.3) is 0 Å². The molecule has 35 heavy (non-hydrogen) atoms. The van der Waals surface area contributed by atoms with Crippen molar-refractivity contribution in [2.45, 2.75) is 46.0 Å². The molecule has 0 bridgehead atoms. The van der Waals surface area contributed by atoms with Crippen molar-refractivity contribution in [3.05, 3.63) is 52.1 Å². The molecule has 0 saturated heterocycles. The van der Waals surface area contributed by atoms with E-state index in [1.165, 1.54) is 19.3 Å². The highest BCUT2D eigenvalue weighted by atomic mass is 16.5. The summed E-state index contributed by atoms with van der Waals surface area (Å²) >= 11 is 0. The fraction of sp³-hybridized carbons (Fsp3) is 0.407. The van der Waals surface area contributed by atoms with Crippen LogP contribution in [-0.4, -0.2) is 47.6 Å². The lowest BCUT2D eigenvalue weighted by Gasteiger charge is -2.34. The fourth-order valence-electron chi connectivity index (χ4n) is 4.46. The Morgan fingerprint density at radius 3 is 2.20 bits per heavy atom. The first-order valence-corrected chi connectivity index (χ1v) is 11.5. The summed E-state index contributed by atoms with van der Waals surface area (Å²) in [7, 11) is 1.41. The van der Waals surface area contributed by atoms with E-state index in [0.29, 0.717) is 16.7 Å². The SMILES string of the molecule is CCOC(=O)C1=Cc2ccc(O)c(O)c2[C@H](c2cc(OC)c(O)c(C(C)(C)C)c2)[C@H]1C(=O)OCC. The van der Waals surface area contributed by atoms with Crippen LogP contribution in [0.15, 0.2) is 29.8 Å². The number of methoxy groups -OCH3 is 1. The van der Waals surface area contributed by atoms with E-state index in [9.17, 15) is 24.9 Å².